The molecule has 1 N–H and O–H groups in total. The molecule has 0 bridgehead atoms. The fourth-order valence-electron chi connectivity index (χ4n) is 3.47. The van der Waals surface area contributed by atoms with E-state index in [0.29, 0.717) is 44.7 Å². The summed E-state index contributed by atoms with van der Waals surface area (Å²) >= 11 is 0. The Hall–Kier alpha value is -1.36. The van der Waals surface area contributed by atoms with E-state index in [1.807, 2.05) is 18.2 Å². The van der Waals surface area contributed by atoms with Crippen LogP contribution in [0.2, 0.25) is 0 Å². The molecule has 1 aromatic heterocycles. The van der Waals surface area contributed by atoms with Gasteiger partial charge in [0.1, 0.15) is 16.9 Å². The van der Waals surface area contributed by atoms with Crippen LogP contribution in [0.1, 0.15) is 37.0 Å². The van der Waals surface area contributed by atoms with Gasteiger partial charge in [-0.25, -0.2) is 0 Å². The third-order valence-corrected chi connectivity index (χ3v) is 4.78. The van der Waals surface area contributed by atoms with Gasteiger partial charge < -0.3 is 19.0 Å². The van der Waals surface area contributed by atoms with Gasteiger partial charge >= 0.3 is 0 Å². The van der Waals surface area contributed by atoms with Crippen molar-refractivity contribution in [3.8, 4) is 0 Å². The summed E-state index contributed by atoms with van der Waals surface area (Å²) in [6, 6.07) is 8.04. The molecule has 1 aliphatic heterocycles. The maximum Gasteiger partial charge on any atom is 0.168 e. The van der Waals surface area contributed by atoms with Gasteiger partial charge in [0, 0.05) is 18.2 Å². The molecule has 4 heteroatoms. The Morgan fingerprint density at radius 3 is 2.43 bits per heavy atom. The molecule has 0 amide bonds. The van der Waals surface area contributed by atoms with Gasteiger partial charge in [0.15, 0.2) is 5.79 Å². The predicted molar refractivity (Wildman–Crippen MR) is 78.0 cm³/mol. The molecule has 1 aliphatic carbocycles. The number of fused-ring (bicyclic) bond motifs is 1. The average Bonchev–Trinajstić information content (AvgIpc) is 3.10. The minimum Gasteiger partial charge on any atom is -0.458 e. The Kier molecular flexibility index (Phi) is 2.89. The van der Waals surface area contributed by atoms with E-state index in [2.05, 4.69) is 13.0 Å². The predicted octanol–water partition coefficient (Wildman–Crippen LogP) is 3.25. The second-order valence-corrected chi connectivity index (χ2v) is 6.29. The summed E-state index contributed by atoms with van der Waals surface area (Å²) in [6.45, 7) is 3.37. The fourth-order valence-corrected chi connectivity index (χ4v) is 3.47. The molecule has 1 saturated carbocycles. The Morgan fingerprint density at radius 1 is 1.00 bits per heavy atom. The second-order valence-electron chi connectivity index (χ2n) is 6.29. The quantitative estimate of drug-likeness (QED) is 0.875. The van der Waals surface area contributed by atoms with Crippen LogP contribution in [-0.2, 0) is 15.1 Å². The topological polar surface area (TPSA) is 51.8 Å². The number of ether oxygens (including phenoxy) is 2. The van der Waals surface area contributed by atoms with E-state index < -0.39 is 11.4 Å². The number of aliphatic hydroxyl groups is 1. The lowest BCUT2D eigenvalue weighted by atomic mass is 9.80. The molecule has 0 atom stereocenters. The first-order valence-corrected chi connectivity index (χ1v) is 7.60. The van der Waals surface area contributed by atoms with Gasteiger partial charge in [0.25, 0.3) is 0 Å². The Labute approximate surface area is 123 Å². The summed E-state index contributed by atoms with van der Waals surface area (Å²) < 4.78 is 17.3. The Balaban J connectivity index is 1.62. The molecule has 2 aromatic rings. The largest absolute Gasteiger partial charge is 0.458 e. The standard InChI is InChI=1S/C17H20O4/c1-12-2-3-14-13(10-12)11-15(21-14)16(18)4-6-17(7-5-16)19-8-9-20-17/h2-3,10-11,18H,4-9H2,1H3. The van der Waals surface area contributed by atoms with Gasteiger partial charge in [0.2, 0.25) is 0 Å². The highest BCUT2D eigenvalue weighted by Crippen LogP contribution is 2.45. The SMILES string of the molecule is Cc1ccc2oc(C3(O)CCC4(CC3)OCCO4)cc2c1. The average molecular weight is 288 g/mol. The zero-order valence-corrected chi connectivity index (χ0v) is 12.2. The van der Waals surface area contributed by atoms with Crippen molar-refractivity contribution in [2.24, 2.45) is 0 Å². The van der Waals surface area contributed by atoms with Crippen LogP contribution in [0.4, 0.5) is 0 Å². The number of hydrogen-bond donors (Lipinski definition) is 1. The van der Waals surface area contributed by atoms with Crippen molar-refractivity contribution in [1.29, 1.82) is 0 Å². The first-order chi connectivity index (χ1) is 10.1. The van der Waals surface area contributed by atoms with Crippen molar-refractivity contribution >= 4 is 11.0 Å². The zero-order valence-electron chi connectivity index (χ0n) is 12.2. The molecule has 2 fully saturated rings. The van der Waals surface area contributed by atoms with Crippen LogP contribution < -0.4 is 0 Å². The summed E-state index contributed by atoms with van der Waals surface area (Å²) in [5.41, 5.74) is 1.11. The third-order valence-electron chi connectivity index (χ3n) is 4.78. The molecule has 2 aliphatic rings. The lowest BCUT2D eigenvalue weighted by Gasteiger charge is -2.39. The lowest BCUT2D eigenvalue weighted by Crippen LogP contribution is -2.41. The van der Waals surface area contributed by atoms with Crippen LogP contribution in [0.25, 0.3) is 11.0 Å². The summed E-state index contributed by atoms with van der Waals surface area (Å²) in [5.74, 6) is 0.199. The summed E-state index contributed by atoms with van der Waals surface area (Å²) in [5, 5.41) is 12.0. The van der Waals surface area contributed by atoms with Crippen molar-refractivity contribution in [2.75, 3.05) is 13.2 Å². The molecule has 4 nitrogen and oxygen atoms in total. The first-order valence-electron chi connectivity index (χ1n) is 7.60. The number of aryl methyl sites for hydroxylation is 1. The van der Waals surface area contributed by atoms with Gasteiger partial charge in [-0.3, -0.25) is 0 Å². The number of hydrogen-bond acceptors (Lipinski definition) is 4. The van der Waals surface area contributed by atoms with Gasteiger partial charge in [-0.05, 0) is 38.0 Å². The highest BCUT2D eigenvalue weighted by Gasteiger charge is 2.47. The van der Waals surface area contributed by atoms with Crippen molar-refractivity contribution in [3.63, 3.8) is 0 Å². The van der Waals surface area contributed by atoms with Crippen molar-refractivity contribution in [2.45, 2.75) is 44.0 Å². The van der Waals surface area contributed by atoms with Crippen LogP contribution in [0.3, 0.4) is 0 Å². The minimum atomic E-state index is -0.909. The fraction of sp³-hybridized carbons (Fsp3) is 0.529. The van der Waals surface area contributed by atoms with E-state index in [4.69, 9.17) is 13.9 Å². The lowest BCUT2D eigenvalue weighted by molar-refractivity contribution is -0.206. The Bertz CT molecular complexity index is 656. The van der Waals surface area contributed by atoms with Gasteiger partial charge in [-0.2, -0.15) is 0 Å². The highest BCUT2D eigenvalue weighted by molar-refractivity contribution is 5.78. The molecule has 2 heterocycles. The van der Waals surface area contributed by atoms with E-state index in [-0.39, 0.29) is 0 Å². The maximum atomic E-state index is 11.0. The molecular weight excluding hydrogens is 268 g/mol. The smallest absolute Gasteiger partial charge is 0.168 e. The van der Waals surface area contributed by atoms with E-state index in [1.165, 1.54) is 5.56 Å². The van der Waals surface area contributed by atoms with Gasteiger partial charge in [-0.15, -0.1) is 0 Å². The Morgan fingerprint density at radius 2 is 1.71 bits per heavy atom. The van der Waals surface area contributed by atoms with Crippen molar-refractivity contribution in [1.82, 2.24) is 0 Å². The molecular formula is C17H20O4. The van der Waals surface area contributed by atoms with E-state index in [1.54, 1.807) is 0 Å². The first kappa shape index (κ1) is 13.3. The van der Waals surface area contributed by atoms with Crippen molar-refractivity contribution < 1.29 is 19.0 Å². The minimum absolute atomic E-state index is 0.463. The van der Waals surface area contributed by atoms with Crippen LogP contribution >= 0.6 is 0 Å². The molecule has 1 spiro atoms. The summed E-state index contributed by atoms with van der Waals surface area (Å²) in [7, 11) is 0. The van der Waals surface area contributed by atoms with Gasteiger partial charge in [-0.1, -0.05) is 11.6 Å². The normalized spacial score (nSPS) is 23.9. The van der Waals surface area contributed by atoms with Crippen LogP contribution in [0, 0.1) is 6.92 Å². The molecule has 1 aromatic carbocycles. The number of rotatable bonds is 1. The monoisotopic (exact) mass is 288 g/mol. The number of benzene rings is 1. The highest BCUT2D eigenvalue weighted by atomic mass is 16.7. The molecule has 4 rings (SSSR count). The van der Waals surface area contributed by atoms with Crippen LogP contribution in [-0.4, -0.2) is 24.1 Å². The molecule has 0 unspecified atom stereocenters. The van der Waals surface area contributed by atoms with E-state index in [9.17, 15) is 5.11 Å². The zero-order chi connectivity index (χ0) is 14.5. The van der Waals surface area contributed by atoms with Crippen LogP contribution in [0.15, 0.2) is 28.7 Å². The third kappa shape index (κ3) is 2.18. The van der Waals surface area contributed by atoms with Crippen molar-refractivity contribution in [3.05, 3.63) is 35.6 Å². The maximum absolute atomic E-state index is 11.0. The summed E-state index contributed by atoms with van der Waals surface area (Å²) in [4.78, 5) is 0. The second kappa shape index (κ2) is 4.57. The van der Waals surface area contributed by atoms with E-state index in [0.717, 1.165) is 11.0 Å². The van der Waals surface area contributed by atoms with Gasteiger partial charge in [0.05, 0.1) is 13.2 Å². The molecule has 21 heavy (non-hydrogen) atoms. The van der Waals surface area contributed by atoms with Crippen LogP contribution in [0.5, 0.6) is 0 Å². The summed E-state index contributed by atoms with van der Waals surface area (Å²) in [6.07, 6.45) is 2.62. The number of furan rings is 1. The van der Waals surface area contributed by atoms with E-state index >= 15 is 0 Å². The molecule has 112 valence electrons. The molecule has 1 saturated heterocycles. The molecule has 0 radical (unpaired) electrons.